The molecule has 0 spiro atoms. The minimum atomic E-state index is -4.38. The molecule has 0 radical (unpaired) electrons. The van der Waals surface area contributed by atoms with E-state index in [0.29, 0.717) is 12.6 Å². The van der Waals surface area contributed by atoms with E-state index in [1.54, 1.807) is 6.07 Å². The van der Waals surface area contributed by atoms with Crippen LogP contribution >= 0.6 is 12.4 Å². The van der Waals surface area contributed by atoms with Crippen molar-refractivity contribution in [3.8, 4) is 5.75 Å². The molecular formula is C14H20ClF3N2O. The number of para-hydroxylation sites is 1. The number of piperazine rings is 1. The molecule has 1 N–H and O–H groups in total. The average Bonchev–Trinajstić information content (AvgIpc) is 2.40. The van der Waals surface area contributed by atoms with Gasteiger partial charge in [-0.3, -0.25) is 4.90 Å². The topological polar surface area (TPSA) is 24.5 Å². The van der Waals surface area contributed by atoms with E-state index in [2.05, 4.69) is 17.1 Å². The molecular weight excluding hydrogens is 305 g/mol. The van der Waals surface area contributed by atoms with Crippen LogP contribution in [0.1, 0.15) is 12.5 Å². The van der Waals surface area contributed by atoms with E-state index in [4.69, 9.17) is 4.74 Å². The lowest BCUT2D eigenvalue weighted by Gasteiger charge is -2.33. The van der Waals surface area contributed by atoms with Crippen LogP contribution in [0.5, 0.6) is 5.75 Å². The summed E-state index contributed by atoms with van der Waals surface area (Å²) < 4.78 is 43.7. The van der Waals surface area contributed by atoms with Gasteiger partial charge in [0.05, 0.1) is 5.56 Å². The minimum Gasteiger partial charge on any atom is -0.492 e. The molecule has 7 heteroatoms. The first-order valence-corrected chi connectivity index (χ1v) is 6.72. The van der Waals surface area contributed by atoms with Crippen LogP contribution in [0.4, 0.5) is 13.2 Å². The van der Waals surface area contributed by atoms with Crippen molar-refractivity contribution >= 4 is 12.4 Å². The minimum absolute atomic E-state index is 0. The fourth-order valence-electron chi connectivity index (χ4n) is 2.31. The first-order valence-electron chi connectivity index (χ1n) is 6.72. The molecule has 21 heavy (non-hydrogen) atoms. The highest BCUT2D eigenvalue weighted by molar-refractivity contribution is 5.85. The largest absolute Gasteiger partial charge is 0.492 e. The first kappa shape index (κ1) is 18.1. The van der Waals surface area contributed by atoms with E-state index >= 15 is 0 Å². The maximum atomic E-state index is 12.8. The van der Waals surface area contributed by atoms with Crippen molar-refractivity contribution in [1.82, 2.24) is 10.2 Å². The summed E-state index contributed by atoms with van der Waals surface area (Å²) in [4.78, 5) is 2.21. The Kier molecular flexibility index (Phi) is 6.77. The van der Waals surface area contributed by atoms with Gasteiger partial charge in [0.2, 0.25) is 0 Å². The monoisotopic (exact) mass is 324 g/mol. The molecule has 1 aliphatic heterocycles. The van der Waals surface area contributed by atoms with E-state index in [1.807, 2.05) is 0 Å². The van der Waals surface area contributed by atoms with E-state index in [0.717, 1.165) is 25.7 Å². The second-order valence-electron chi connectivity index (χ2n) is 4.93. The molecule has 1 aromatic rings. The van der Waals surface area contributed by atoms with Crippen molar-refractivity contribution in [2.75, 3.05) is 32.8 Å². The van der Waals surface area contributed by atoms with Crippen LogP contribution in [-0.4, -0.2) is 43.7 Å². The number of hydrogen-bond acceptors (Lipinski definition) is 3. The highest BCUT2D eigenvalue weighted by Crippen LogP contribution is 2.35. The number of nitrogens with one attached hydrogen (secondary N) is 1. The molecule has 2 rings (SSSR count). The van der Waals surface area contributed by atoms with Crippen molar-refractivity contribution in [2.45, 2.75) is 19.1 Å². The van der Waals surface area contributed by atoms with Gasteiger partial charge in [-0.25, -0.2) is 0 Å². The zero-order valence-corrected chi connectivity index (χ0v) is 12.6. The molecule has 3 nitrogen and oxygen atoms in total. The number of benzene rings is 1. The highest BCUT2D eigenvalue weighted by atomic mass is 35.5. The second-order valence-corrected chi connectivity index (χ2v) is 4.93. The summed E-state index contributed by atoms with van der Waals surface area (Å²) in [7, 11) is 0. The number of halogens is 4. The predicted octanol–water partition coefficient (Wildman–Crippen LogP) is 2.80. The van der Waals surface area contributed by atoms with Crippen molar-refractivity contribution in [1.29, 1.82) is 0 Å². The highest BCUT2D eigenvalue weighted by Gasteiger charge is 2.34. The molecule has 1 heterocycles. The fraction of sp³-hybridized carbons (Fsp3) is 0.571. The molecule has 0 amide bonds. The quantitative estimate of drug-likeness (QED) is 0.921. The molecule has 1 aromatic carbocycles. The average molecular weight is 325 g/mol. The van der Waals surface area contributed by atoms with Gasteiger partial charge >= 0.3 is 6.18 Å². The third-order valence-electron chi connectivity index (χ3n) is 3.47. The Labute approximate surface area is 128 Å². The van der Waals surface area contributed by atoms with Crippen LogP contribution in [0.2, 0.25) is 0 Å². The molecule has 1 saturated heterocycles. The third-order valence-corrected chi connectivity index (χ3v) is 3.47. The summed E-state index contributed by atoms with van der Waals surface area (Å²) in [6, 6.07) is 5.71. The lowest BCUT2D eigenvalue weighted by atomic mass is 10.2. The maximum Gasteiger partial charge on any atom is 0.419 e. The molecule has 0 unspecified atom stereocenters. The Bertz CT molecular complexity index is 442. The third kappa shape index (κ3) is 5.05. The molecule has 120 valence electrons. The number of hydrogen-bond donors (Lipinski definition) is 1. The summed E-state index contributed by atoms with van der Waals surface area (Å²) in [5, 5.41) is 3.27. The molecule has 0 aliphatic carbocycles. The maximum absolute atomic E-state index is 12.8. The molecule has 1 fully saturated rings. The van der Waals surface area contributed by atoms with Gasteiger partial charge in [0.25, 0.3) is 0 Å². The second kappa shape index (κ2) is 7.87. The van der Waals surface area contributed by atoms with Crippen molar-refractivity contribution in [3.63, 3.8) is 0 Å². The predicted molar refractivity (Wildman–Crippen MR) is 78.1 cm³/mol. The van der Waals surface area contributed by atoms with Crippen LogP contribution in [0.25, 0.3) is 0 Å². The van der Waals surface area contributed by atoms with Crippen LogP contribution in [0, 0.1) is 0 Å². The van der Waals surface area contributed by atoms with Crippen LogP contribution < -0.4 is 10.1 Å². The van der Waals surface area contributed by atoms with E-state index in [9.17, 15) is 13.2 Å². The van der Waals surface area contributed by atoms with Crippen LogP contribution in [0.15, 0.2) is 24.3 Å². The van der Waals surface area contributed by atoms with Gasteiger partial charge < -0.3 is 10.1 Å². The zero-order chi connectivity index (χ0) is 14.6. The van der Waals surface area contributed by atoms with E-state index < -0.39 is 11.7 Å². The standard InChI is InChI=1S/C14H19F3N2O.ClH/c1-11-10-18-6-7-19(11)8-9-20-13-5-3-2-4-12(13)14(15,16)17;/h2-5,11,18H,6-10H2,1H3;1H/t11-;/m0./s1. The summed E-state index contributed by atoms with van der Waals surface area (Å²) >= 11 is 0. The number of rotatable bonds is 4. The molecule has 0 aromatic heterocycles. The summed E-state index contributed by atoms with van der Waals surface area (Å²) in [5.41, 5.74) is -0.714. The lowest BCUT2D eigenvalue weighted by molar-refractivity contribution is -0.139. The molecule has 0 saturated carbocycles. The summed E-state index contributed by atoms with van der Waals surface area (Å²) in [5.74, 6) is -0.0946. The zero-order valence-electron chi connectivity index (χ0n) is 11.8. The van der Waals surface area contributed by atoms with Crippen molar-refractivity contribution in [3.05, 3.63) is 29.8 Å². The summed E-state index contributed by atoms with van der Waals surface area (Å²) in [6.45, 7) is 5.69. The van der Waals surface area contributed by atoms with Crippen LogP contribution in [0.3, 0.4) is 0 Å². The molecule has 1 atom stereocenters. The van der Waals surface area contributed by atoms with E-state index in [1.165, 1.54) is 12.1 Å². The van der Waals surface area contributed by atoms with Gasteiger partial charge in [-0.1, -0.05) is 12.1 Å². The van der Waals surface area contributed by atoms with Crippen molar-refractivity contribution in [2.24, 2.45) is 0 Å². The Morgan fingerprint density at radius 3 is 2.71 bits per heavy atom. The first-order chi connectivity index (χ1) is 9.48. The van der Waals surface area contributed by atoms with Gasteiger partial charge in [-0.2, -0.15) is 13.2 Å². The van der Waals surface area contributed by atoms with Gasteiger partial charge in [-0.15, -0.1) is 12.4 Å². The number of ether oxygens (including phenoxy) is 1. The smallest absolute Gasteiger partial charge is 0.419 e. The molecule has 0 bridgehead atoms. The Morgan fingerprint density at radius 2 is 2.05 bits per heavy atom. The van der Waals surface area contributed by atoms with Gasteiger partial charge in [-0.05, 0) is 19.1 Å². The van der Waals surface area contributed by atoms with Gasteiger partial charge in [0.1, 0.15) is 12.4 Å². The fourth-order valence-corrected chi connectivity index (χ4v) is 2.31. The van der Waals surface area contributed by atoms with Gasteiger partial charge in [0.15, 0.2) is 0 Å². The van der Waals surface area contributed by atoms with Crippen LogP contribution in [-0.2, 0) is 6.18 Å². The number of alkyl halides is 3. The Morgan fingerprint density at radius 1 is 1.33 bits per heavy atom. The number of nitrogens with zero attached hydrogens (tertiary/aromatic N) is 1. The molecule has 1 aliphatic rings. The Balaban J connectivity index is 0.00000220. The normalized spacial score (nSPS) is 19.9. The van der Waals surface area contributed by atoms with E-state index in [-0.39, 0.29) is 24.8 Å². The Hall–Kier alpha value is -0.980. The summed E-state index contributed by atoms with van der Waals surface area (Å²) in [6.07, 6.45) is -4.38. The SMILES string of the molecule is C[C@H]1CNCCN1CCOc1ccccc1C(F)(F)F.Cl. The van der Waals surface area contributed by atoms with Crippen molar-refractivity contribution < 1.29 is 17.9 Å². The lowest BCUT2D eigenvalue weighted by Crippen LogP contribution is -2.50. The van der Waals surface area contributed by atoms with Gasteiger partial charge in [0, 0.05) is 32.2 Å².